The maximum Gasteiger partial charge on any atom is 0.335 e. The molecule has 0 saturated heterocycles. The maximum atomic E-state index is 13.4. The van der Waals surface area contributed by atoms with E-state index in [0.717, 1.165) is 35.3 Å². The lowest BCUT2D eigenvalue weighted by atomic mass is 9.97. The average molecular weight is 443 g/mol. The first-order chi connectivity index (χ1) is 15.1. The van der Waals surface area contributed by atoms with Gasteiger partial charge in [0.15, 0.2) is 0 Å². The monoisotopic (exact) mass is 442 g/mol. The van der Waals surface area contributed by atoms with Crippen molar-refractivity contribution in [3.8, 4) is 5.75 Å². The van der Waals surface area contributed by atoms with Crippen LogP contribution in [0.15, 0.2) is 29.1 Å². The summed E-state index contributed by atoms with van der Waals surface area (Å²) in [6.07, 6.45) is 5.52. The summed E-state index contributed by atoms with van der Waals surface area (Å²) in [4.78, 5) is 31.4. The van der Waals surface area contributed by atoms with E-state index in [0.29, 0.717) is 38.3 Å². The molecule has 31 heavy (non-hydrogen) atoms. The van der Waals surface area contributed by atoms with Crippen LogP contribution in [-0.4, -0.2) is 41.0 Å². The lowest BCUT2D eigenvalue weighted by Crippen LogP contribution is -2.27. The summed E-state index contributed by atoms with van der Waals surface area (Å²) < 4.78 is 12.7. The minimum atomic E-state index is -0.965. The molecule has 1 aliphatic carbocycles. The van der Waals surface area contributed by atoms with Gasteiger partial charge in [-0.1, -0.05) is 0 Å². The van der Waals surface area contributed by atoms with Crippen LogP contribution in [0.2, 0.25) is 0 Å². The van der Waals surface area contributed by atoms with E-state index < -0.39 is 5.97 Å². The van der Waals surface area contributed by atoms with Crippen LogP contribution in [0.1, 0.15) is 45.9 Å². The number of aromatic carboxylic acids is 1. The third kappa shape index (κ3) is 4.65. The van der Waals surface area contributed by atoms with Crippen LogP contribution in [0.25, 0.3) is 10.2 Å². The fraction of sp³-hybridized carbons (Fsp3) is 0.435. The third-order valence-electron chi connectivity index (χ3n) is 5.58. The highest BCUT2D eigenvalue weighted by Crippen LogP contribution is 2.33. The normalized spacial score (nSPS) is 13.3. The van der Waals surface area contributed by atoms with Crippen molar-refractivity contribution in [1.29, 1.82) is 0 Å². The van der Waals surface area contributed by atoms with Gasteiger partial charge in [0.1, 0.15) is 16.4 Å². The number of aryl methyl sites for hydroxylation is 2. The number of thiophene rings is 1. The molecule has 0 radical (unpaired) electrons. The van der Waals surface area contributed by atoms with Crippen molar-refractivity contribution in [2.24, 2.45) is 0 Å². The number of nitrogens with zero attached hydrogens (tertiary/aromatic N) is 2. The molecule has 1 aliphatic rings. The minimum absolute atomic E-state index is 0.0429. The molecule has 164 valence electrons. The first kappa shape index (κ1) is 21.5. The number of rotatable bonds is 9. The molecule has 7 nitrogen and oxygen atoms in total. The van der Waals surface area contributed by atoms with Crippen molar-refractivity contribution in [1.82, 2.24) is 9.55 Å². The lowest BCUT2D eigenvalue weighted by Gasteiger charge is -2.14. The van der Waals surface area contributed by atoms with E-state index in [1.807, 2.05) is 0 Å². The molecule has 0 atom stereocenters. The first-order valence-corrected chi connectivity index (χ1v) is 11.4. The molecule has 1 aromatic carbocycles. The number of hydrogen-bond acceptors (Lipinski definition) is 6. The number of fused-ring (bicyclic) bond motifs is 3. The van der Waals surface area contributed by atoms with Gasteiger partial charge in [-0.25, -0.2) is 9.78 Å². The van der Waals surface area contributed by atoms with Crippen LogP contribution in [0, 0.1) is 0 Å². The number of carboxylic acid groups (broad SMARTS) is 1. The number of methoxy groups -OCH3 is 1. The van der Waals surface area contributed by atoms with Crippen LogP contribution in [0.5, 0.6) is 5.75 Å². The van der Waals surface area contributed by atoms with Crippen molar-refractivity contribution in [3.63, 3.8) is 0 Å². The molecular weight excluding hydrogens is 416 g/mol. The standard InChI is InChI=1S/C23H26N2O5S/c1-29-14-11-19-24-21-20(17-5-2-3-6-18(17)31-21)22(26)25(19)12-4-13-30-16-9-7-15(8-10-16)23(27)28/h7-10H,2-6,11-14H2,1H3,(H,27,28). The molecule has 0 spiro atoms. The molecule has 0 bridgehead atoms. The Hall–Kier alpha value is -2.71. The number of carboxylic acids is 1. The molecule has 0 amide bonds. The van der Waals surface area contributed by atoms with Crippen LogP contribution in [-0.2, 0) is 30.5 Å². The number of aromatic nitrogens is 2. The number of carbonyl (C=O) groups is 1. The van der Waals surface area contributed by atoms with E-state index in [2.05, 4.69) is 0 Å². The summed E-state index contributed by atoms with van der Waals surface area (Å²) in [5, 5.41) is 9.77. The smallest absolute Gasteiger partial charge is 0.335 e. The van der Waals surface area contributed by atoms with E-state index in [4.69, 9.17) is 19.6 Å². The highest BCUT2D eigenvalue weighted by molar-refractivity contribution is 7.18. The molecule has 1 N–H and O–H groups in total. The highest BCUT2D eigenvalue weighted by Gasteiger charge is 2.21. The molecule has 4 rings (SSSR count). The summed E-state index contributed by atoms with van der Waals surface area (Å²) in [5.41, 5.74) is 1.46. The Kier molecular flexibility index (Phi) is 6.67. The van der Waals surface area contributed by atoms with Crippen molar-refractivity contribution in [3.05, 3.63) is 56.4 Å². The Labute approximate surface area is 184 Å². The zero-order chi connectivity index (χ0) is 21.8. The molecular formula is C23H26N2O5S. The van der Waals surface area contributed by atoms with Gasteiger partial charge >= 0.3 is 5.97 Å². The van der Waals surface area contributed by atoms with Gasteiger partial charge in [0, 0.05) is 25.0 Å². The third-order valence-corrected chi connectivity index (χ3v) is 6.77. The van der Waals surface area contributed by atoms with Crippen LogP contribution >= 0.6 is 11.3 Å². The van der Waals surface area contributed by atoms with Crippen LogP contribution in [0.4, 0.5) is 0 Å². The number of hydrogen-bond donors (Lipinski definition) is 1. The molecule has 0 aliphatic heterocycles. The van der Waals surface area contributed by atoms with Gasteiger partial charge in [-0.2, -0.15) is 0 Å². The van der Waals surface area contributed by atoms with Gasteiger partial charge in [0.2, 0.25) is 0 Å². The van der Waals surface area contributed by atoms with Gasteiger partial charge in [-0.05, 0) is 61.9 Å². The second-order valence-corrected chi connectivity index (χ2v) is 8.73. The Balaban J connectivity index is 1.51. The number of benzene rings is 1. The van der Waals surface area contributed by atoms with Crippen molar-refractivity contribution in [2.75, 3.05) is 20.3 Å². The van der Waals surface area contributed by atoms with Crippen LogP contribution < -0.4 is 10.3 Å². The van der Waals surface area contributed by atoms with Gasteiger partial charge in [-0.15, -0.1) is 11.3 Å². The maximum absolute atomic E-state index is 13.4. The van der Waals surface area contributed by atoms with Crippen molar-refractivity contribution >= 4 is 27.5 Å². The zero-order valence-electron chi connectivity index (χ0n) is 17.6. The first-order valence-electron chi connectivity index (χ1n) is 10.6. The number of ether oxygens (including phenoxy) is 2. The molecule has 0 fully saturated rings. The van der Waals surface area contributed by atoms with Gasteiger partial charge < -0.3 is 14.6 Å². The van der Waals surface area contributed by atoms with Gasteiger partial charge in [0.25, 0.3) is 5.56 Å². The van der Waals surface area contributed by atoms with E-state index in [1.165, 1.54) is 29.0 Å². The molecule has 0 saturated carbocycles. The zero-order valence-corrected chi connectivity index (χ0v) is 18.4. The summed E-state index contributed by atoms with van der Waals surface area (Å²) in [5.74, 6) is 0.397. The molecule has 2 heterocycles. The second-order valence-electron chi connectivity index (χ2n) is 7.65. The Morgan fingerprint density at radius 3 is 2.71 bits per heavy atom. The summed E-state index contributed by atoms with van der Waals surface area (Å²) in [6.45, 7) is 1.44. The highest BCUT2D eigenvalue weighted by atomic mass is 32.1. The predicted molar refractivity (Wildman–Crippen MR) is 120 cm³/mol. The fourth-order valence-electron chi connectivity index (χ4n) is 4.00. The van der Waals surface area contributed by atoms with Gasteiger partial charge in [-0.3, -0.25) is 9.36 Å². The largest absolute Gasteiger partial charge is 0.494 e. The van der Waals surface area contributed by atoms with Crippen molar-refractivity contribution < 1.29 is 19.4 Å². The van der Waals surface area contributed by atoms with Crippen LogP contribution in [0.3, 0.4) is 0 Å². The summed E-state index contributed by atoms with van der Waals surface area (Å²) >= 11 is 1.67. The minimum Gasteiger partial charge on any atom is -0.494 e. The topological polar surface area (TPSA) is 90.6 Å². The molecule has 8 heteroatoms. The SMILES string of the molecule is COCCc1nc2sc3c(c2c(=O)n1CCCOc1ccc(C(=O)O)cc1)CCCC3. The fourth-order valence-corrected chi connectivity index (χ4v) is 5.27. The molecule has 0 unspecified atom stereocenters. The quantitative estimate of drug-likeness (QED) is 0.508. The van der Waals surface area contributed by atoms with Gasteiger partial charge in [0.05, 0.1) is 24.2 Å². The second kappa shape index (κ2) is 9.62. The van der Waals surface area contributed by atoms with E-state index in [1.54, 1.807) is 35.1 Å². The average Bonchev–Trinajstić information content (AvgIpc) is 3.15. The predicted octanol–water partition coefficient (Wildman–Crippen LogP) is 3.69. The Morgan fingerprint density at radius 2 is 1.97 bits per heavy atom. The molecule has 3 aromatic rings. The van der Waals surface area contributed by atoms with Crippen molar-refractivity contribution in [2.45, 2.75) is 45.1 Å². The van der Waals surface area contributed by atoms with E-state index >= 15 is 0 Å². The van der Waals surface area contributed by atoms with E-state index in [9.17, 15) is 9.59 Å². The Bertz CT molecular complexity index is 1130. The Morgan fingerprint density at radius 1 is 1.19 bits per heavy atom. The summed E-state index contributed by atoms with van der Waals surface area (Å²) in [6, 6.07) is 6.32. The summed E-state index contributed by atoms with van der Waals surface area (Å²) in [7, 11) is 1.65. The van der Waals surface area contributed by atoms with E-state index in [-0.39, 0.29) is 11.1 Å². The molecule has 2 aromatic heterocycles. The lowest BCUT2D eigenvalue weighted by molar-refractivity contribution is 0.0697.